The lowest BCUT2D eigenvalue weighted by molar-refractivity contribution is 0.0706. The molecule has 0 aliphatic rings. The Hall–Kier alpha value is -1.65. The Balaban J connectivity index is 2.84. The number of hydroxylamine groups is 1. The van der Waals surface area contributed by atoms with E-state index in [1.165, 1.54) is 0 Å². The first-order valence-corrected chi connectivity index (χ1v) is 5.13. The van der Waals surface area contributed by atoms with Gasteiger partial charge in [0.05, 0.1) is 6.04 Å². The molecule has 0 aromatic heterocycles. The average Bonchev–Trinajstić information content (AvgIpc) is 2.35. The van der Waals surface area contributed by atoms with E-state index in [1.807, 2.05) is 25.1 Å². The summed E-state index contributed by atoms with van der Waals surface area (Å²) < 4.78 is 0. The van der Waals surface area contributed by atoms with Crippen LogP contribution in [0.25, 0.3) is 0 Å². The maximum absolute atomic E-state index is 11.1. The van der Waals surface area contributed by atoms with E-state index in [4.69, 9.17) is 5.21 Å². The second-order valence-electron chi connectivity index (χ2n) is 3.33. The molecule has 0 saturated carbocycles. The van der Waals surface area contributed by atoms with Crippen molar-refractivity contribution in [1.82, 2.24) is 10.8 Å². The second-order valence-corrected chi connectivity index (χ2v) is 3.33. The van der Waals surface area contributed by atoms with Crippen molar-refractivity contribution >= 4 is 5.91 Å². The fraction of sp³-hybridized carbons (Fsp3) is 0.250. The molecule has 4 nitrogen and oxygen atoms in total. The third kappa shape index (κ3) is 2.92. The molecule has 16 heavy (non-hydrogen) atoms. The molecule has 0 radical (unpaired) electrons. The van der Waals surface area contributed by atoms with Crippen LogP contribution in [0.1, 0.15) is 28.9 Å². The van der Waals surface area contributed by atoms with Gasteiger partial charge in [0.25, 0.3) is 5.91 Å². The fourth-order valence-corrected chi connectivity index (χ4v) is 1.46. The van der Waals surface area contributed by atoms with Gasteiger partial charge in [-0.3, -0.25) is 10.0 Å². The number of hydrogen-bond donors (Lipinski definition) is 3. The van der Waals surface area contributed by atoms with Gasteiger partial charge in [-0.1, -0.05) is 25.1 Å². The maximum atomic E-state index is 11.1. The summed E-state index contributed by atoms with van der Waals surface area (Å²) in [5.74, 6) is -0.509. The molecule has 1 aromatic rings. The van der Waals surface area contributed by atoms with Crippen LogP contribution in [0.15, 0.2) is 36.9 Å². The summed E-state index contributed by atoms with van der Waals surface area (Å²) in [5.41, 5.74) is 3.05. The van der Waals surface area contributed by atoms with Gasteiger partial charge in [0.2, 0.25) is 0 Å². The average molecular weight is 220 g/mol. The number of carbonyl (C=O) groups is 1. The molecule has 1 unspecified atom stereocenters. The molecule has 1 amide bonds. The molecule has 4 heteroatoms. The Bertz CT molecular complexity index is 360. The number of benzene rings is 1. The number of rotatable bonds is 5. The minimum Gasteiger partial charge on any atom is -0.307 e. The molecule has 3 N–H and O–H groups in total. The highest BCUT2D eigenvalue weighted by molar-refractivity contribution is 5.93. The van der Waals surface area contributed by atoms with Crippen LogP contribution in [-0.4, -0.2) is 17.7 Å². The molecule has 0 aliphatic heterocycles. The molecule has 86 valence electrons. The smallest absolute Gasteiger partial charge is 0.274 e. The summed E-state index contributed by atoms with van der Waals surface area (Å²) in [7, 11) is 0. The summed E-state index contributed by atoms with van der Waals surface area (Å²) in [4.78, 5) is 11.1. The Labute approximate surface area is 94.9 Å². The minimum atomic E-state index is -0.509. The lowest BCUT2D eigenvalue weighted by Crippen LogP contribution is -2.20. The van der Waals surface area contributed by atoms with Gasteiger partial charge in [-0.25, -0.2) is 5.48 Å². The van der Waals surface area contributed by atoms with E-state index in [9.17, 15) is 4.79 Å². The largest absolute Gasteiger partial charge is 0.307 e. The molecular formula is C12H16N2O2. The molecule has 0 aliphatic carbocycles. The van der Waals surface area contributed by atoms with Gasteiger partial charge in [0.15, 0.2) is 0 Å². The van der Waals surface area contributed by atoms with E-state index >= 15 is 0 Å². The van der Waals surface area contributed by atoms with Gasteiger partial charge in [0, 0.05) is 5.56 Å². The number of amides is 1. The number of nitrogens with one attached hydrogen (secondary N) is 2. The Morgan fingerprint density at radius 1 is 1.50 bits per heavy atom. The first kappa shape index (κ1) is 12.4. The van der Waals surface area contributed by atoms with Crippen LogP contribution < -0.4 is 10.8 Å². The van der Waals surface area contributed by atoms with E-state index in [-0.39, 0.29) is 6.04 Å². The molecular weight excluding hydrogens is 204 g/mol. The summed E-state index contributed by atoms with van der Waals surface area (Å²) in [5, 5.41) is 11.7. The van der Waals surface area contributed by atoms with Gasteiger partial charge >= 0.3 is 0 Å². The van der Waals surface area contributed by atoms with Crippen molar-refractivity contribution < 1.29 is 10.0 Å². The van der Waals surface area contributed by atoms with Crippen molar-refractivity contribution in [3.05, 3.63) is 48.0 Å². The highest BCUT2D eigenvalue weighted by Gasteiger charge is 2.07. The monoisotopic (exact) mass is 220 g/mol. The van der Waals surface area contributed by atoms with Crippen molar-refractivity contribution in [3.63, 3.8) is 0 Å². The van der Waals surface area contributed by atoms with E-state index in [2.05, 4.69) is 11.9 Å². The van der Waals surface area contributed by atoms with Crippen LogP contribution in [0, 0.1) is 0 Å². The van der Waals surface area contributed by atoms with Crippen molar-refractivity contribution in [2.24, 2.45) is 0 Å². The van der Waals surface area contributed by atoms with Crippen LogP contribution in [-0.2, 0) is 0 Å². The van der Waals surface area contributed by atoms with Gasteiger partial charge in [-0.05, 0) is 24.2 Å². The normalized spacial score (nSPS) is 11.9. The first-order valence-electron chi connectivity index (χ1n) is 5.13. The molecule has 0 fully saturated rings. The quantitative estimate of drug-likeness (QED) is 0.401. The van der Waals surface area contributed by atoms with Crippen LogP contribution in [0.5, 0.6) is 0 Å². The Morgan fingerprint density at radius 3 is 2.56 bits per heavy atom. The zero-order valence-electron chi connectivity index (χ0n) is 9.23. The molecule has 0 saturated heterocycles. The van der Waals surface area contributed by atoms with Crippen LogP contribution in [0.3, 0.4) is 0 Å². The Morgan fingerprint density at radius 2 is 2.12 bits per heavy atom. The highest BCUT2D eigenvalue weighted by Crippen LogP contribution is 2.14. The van der Waals surface area contributed by atoms with E-state index in [1.54, 1.807) is 17.6 Å². The van der Waals surface area contributed by atoms with Gasteiger partial charge < -0.3 is 5.32 Å². The predicted octanol–water partition coefficient (Wildman–Crippen LogP) is 1.64. The maximum Gasteiger partial charge on any atom is 0.274 e. The lowest BCUT2D eigenvalue weighted by Gasteiger charge is -2.13. The number of hydrogen-bond acceptors (Lipinski definition) is 3. The zero-order valence-corrected chi connectivity index (χ0v) is 9.23. The van der Waals surface area contributed by atoms with E-state index in [0.717, 1.165) is 12.1 Å². The number of likely N-dealkylation sites (N-methyl/N-ethyl adjacent to an activating group) is 1. The lowest BCUT2D eigenvalue weighted by atomic mass is 10.0. The van der Waals surface area contributed by atoms with Gasteiger partial charge in [0.1, 0.15) is 0 Å². The molecule has 0 bridgehead atoms. The Kier molecular flexibility index (Phi) is 4.69. The topological polar surface area (TPSA) is 61.4 Å². The predicted molar refractivity (Wildman–Crippen MR) is 62.3 cm³/mol. The summed E-state index contributed by atoms with van der Waals surface area (Å²) in [6.07, 6.45) is 1.81. The van der Waals surface area contributed by atoms with Crippen molar-refractivity contribution in [1.29, 1.82) is 0 Å². The molecule has 1 atom stereocenters. The van der Waals surface area contributed by atoms with Crippen LogP contribution in [0.4, 0.5) is 0 Å². The zero-order chi connectivity index (χ0) is 12.0. The number of carbonyl (C=O) groups excluding carboxylic acids is 1. The molecule has 1 aromatic carbocycles. The SMILES string of the molecule is C=CC(NCC)c1ccc(C(=O)NO)cc1. The van der Waals surface area contributed by atoms with Crippen molar-refractivity contribution in [2.45, 2.75) is 13.0 Å². The first-order chi connectivity index (χ1) is 7.72. The summed E-state index contributed by atoms with van der Waals surface area (Å²) >= 11 is 0. The van der Waals surface area contributed by atoms with Gasteiger partial charge in [-0.15, -0.1) is 6.58 Å². The van der Waals surface area contributed by atoms with Gasteiger partial charge in [-0.2, -0.15) is 0 Å². The fourth-order valence-electron chi connectivity index (χ4n) is 1.46. The third-order valence-electron chi connectivity index (χ3n) is 2.29. The van der Waals surface area contributed by atoms with E-state index < -0.39 is 5.91 Å². The minimum absolute atomic E-state index is 0.0798. The standard InChI is InChI=1S/C12H16N2O2/c1-3-11(13-4-2)9-5-7-10(8-6-9)12(15)14-16/h3,5-8,11,13,16H,1,4H2,2H3,(H,14,15). The molecule has 1 rings (SSSR count). The van der Waals surface area contributed by atoms with Crippen molar-refractivity contribution in [3.8, 4) is 0 Å². The van der Waals surface area contributed by atoms with Crippen LogP contribution in [0.2, 0.25) is 0 Å². The highest BCUT2D eigenvalue weighted by atomic mass is 16.5. The van der Waals surface area contributed by atoms with Crippen molar-refractivity contribution in [2.75, 3.05) is 6.54 Å². The third-order valence-corrected chi connectivity index (χ3v) is 2.29. The van der Waals surface area contributed by atoms with Crippen LogP contribution >= 0.6 is 0 Å². The molecule has 0 heterocycles. The summed E-state index contributed by atoms with van der Waals surface area (Å²) in [6, 6.07) is 7.07. The van der Waals surface area contributed by atoms with E-state index in [0.29, 0.717) is 5.56 Å². The second kappa shape index (κ2) is 6.05. The summed E-state index contributed by atoms with van der Waals surface area (Å²) in [6.45, 7) is 6.61. The molecule has 0 spiro atoms.